The van der Waals surface area contributed by atoms with Crippen LogP contribution in [0.5, 0.6) is 0 Å². The van der Waals surface area contributed by atoms with Crippen molar-refractivity contribution in [3.05, 3.63) is 12.2 Å². The number of hydrogen-bond acceptors (Lipinski definition) is 1. The smallest absolute Gasteiger partial charge is 0.303 e. The first-order valence-corrected chi connectivity index (χ1v) is 8.05. The summed E-state index contributed by atoms with van der Waals surface area (Å²) in [5.41, 5.74) is 0. The molecule has 0 aromatic rings. The van der Waals surface area contributed by atoms with Crippen molar-refractivity contribution in [3.63, 3.8) is 0 Å². The summed E-state index contributed by atoms with van der Waals surface area (Å²) in [6.45, 7) is 6.59. The maximum Gasteiger partial charge on any atom is 0.303 e. The molecule has 0 saturated heterocycles. The summed E-state index contributed by atoms with van der Waals surface area (Å²) in [4.78, 5) is 10.0. The van der Waals surface area contributed by atoms with Crippen molar-refractivity contribution in [1.82, 2.24) is 0 Å². The van der Waals surface area contributed by atoms with E-state index in [0.717, 1.165) is 12.8 Å². The summed E-state index contributed by atoms with van der Waals surface area (Å²) in [7, 11) is 0. The number of allylic oxidation sites excluding steroid dienone is 2. The third-order valence-electron chi connectivity index (χ3n) is 2.84. The molecular weight excluding hydrogens is 236 g/mol. The molecule has 0 aromatic heterocycles. The molecule has 0 bridgehead atoms. The summed E-state index contributed by atoms with van der Waals surface area (Å²) < 4.78 is 0. The van der Waals surface area contributed by atoms with Gasteiger partial charge in [-0.15, -0.1) is 0 Å². The van der Waals surface area contributed by atoms with Gasteiger partial charge < -0.3 is 5.11 Å². The second kappa shape index (κ2) is 19.5. The first-order valence-electron chi connectivity index (χ1n) is 8.05. The van der Waals surface area contributed by atoms with E-state index in [2.05, 4.69) is 32.9 Å². The molecule has 0 radical (unpaired) electrons. The molecule has 2 heteroatoms. The van der Waals surface area contributed by atoms with E-state index in [1.807, 2.05) is 0 Å². The molecule has 1 N–H and O–H groups in total. The van der Waals surface area contributed by atoms with Crippen LogP contribution in [0.1, 0.15) is 91.4 Å². The van der Waals surface area contributed by atoms with Gasteiger partial charge in [-0.3, -0.25) is 4.79 Å². The van der Waals surface area contributed by atoms with E-state index < -0.39 is 5.97 Å². The van der Waals surface area contributed by atoms with Crippen LogP contribution in [0.2, 0.25) is 0 Å². The van der Waals surface area contributed by atoms with E-state index >= 15 is 0 Å². The molecule has 0 aliphatic heterocycles. The lowest BCUT2D eigenvalue weighted by Crippen LogP contribution is -1.93. The Morgan fingerprint density at radius 2 is 1.37 bits per heavy atom. The minimum Gasteiger partial charge on any atom is -0.481 e. The number of aliphatic carboxylic acids is 1. The Bertz CT molecular complexity index is 197. The van der Waals surface area contributed by atoms with Crippen LogP contribution in [-0.4, -0.2) is 11.1 Å². The fourth-order valence-corrected chi connectivity index (χ4v) is 1.60. The average Bonchev–Trinajstić information content (AvgIpc) is 2.39. The summed E-state index contributed by atoms with van der Waals surface area (Å²) in [5, 5.41) is 8.27. The van der Waals surface area contributed by atoms with E-state index in [-0.39, 0.29) is 0 Å². The van der Waals surface area contributed by atoms with Gasteiger partial charge in [0.15, 0.2) is 0 Å². The van der Waals surface area contributed by atoms with Crippen molar-refractivity contribution in [2.45, 2.75) is 91.4 Å². The molecule has 0 saturated carbocycles. The summed E-state index contributed by atoms with van der Waals surface area (Å²) in [6, 6.07) is 0. The lowest BCUT2D eigenvalue weighted by Gasteiger charge is -1.95. The Balaban J connectivity index is 0. The van der Waals surface area contributed by atoms with E-state index in [1.165, 1.54) is 51.4 Å². The Kier molecular flexibility index (Phi) is 21.1. The number of carbonyl (C=O) groups is 1. The maximum absolute atomic E-state index is 10.0. The van der Waals surface area contributed by atoms with Crippen molar-refractivity contribution in [3.8, 4) is 0 Å². The van der Waals surface area contributed by atoms with Crippen LogP contribution >= 0.6 is 0 Å². The topological polar surface area (TPSA) is 37.3 Å². The van der Waals surface area contributed by atoms with Crippen molar-refractivity contribution < 1.29 is 9.90 Å². The molecule has 0 aromatic carbocycles. The van der Waals surface area contributed by atoms with Crippen LogP contribution in [0.3, 0.4) is 0 Å². The summed E-state index contributed by atoms with van der Waals surface area (Å²) in [5.74, 6) is -0.670. The van der Waals surface area contributed by atoms with Crippen molar-refractivity contribution in [2.75, 3.05) is 0 Å². The monoisotopic (exact) mass is 270 g/mol. The highest BCUT2D eigenvalue weighted by atomic mass is 16.4. The number of rotatable bonds is 11. The molecule has 0 fully saturated rings. The highest BCUT2D eigenvalue weighted by Crippen LogP contribution is 2.04. The minimum atomic E-state index is -0.670. The molecule has 0 amide bonds. The Morgan fingerprint density at radius 1 is 0.789 bits per heavy atom. The third kappa shape index (κ3) is 26.7. The van der Waals surface area contributed by atoms with Gasteiger partial charge in [-0.25, -0.2) is 0 Å². The third-order valence-corrected chi connectivity index (χ3v) is 2.84. The fourth-order valence-electron chi connectivity index (χ4n) is 1.60. The van der Waals surface area contributed by atoms with Crippen LogP contribution in [0.15, 0.2) is 12.2 Å². The standard InChI is InChI=1S/C9H18.C8H16O2/c1-3-5-7-9-8-6-4-2;1-2-3-4-5-6-7-8(9)10/h7,9H,3-6,8H2,1-2H3;2-7H2,1H3,(H,9,10). The van der Waals surface area contributed by atoms with Crippen LogP contribution in [0, 0.1) is 0 Å². The predicted molar refractivity (Wildman–Crippen MR) is 84.6 cm³/mol. The Morgan fingerprint density at radius 3 is 1.89 bits per heavy atom. The molecular formula is C17H34O2. The second-order valence-corrected chi connectivity index (χ2v) is 4.96. The van der Waals surface area contributed by atoms with Gasteiger partial charge in [0, 0.05) is 6.42 Å². The molecule has 0 heterocycles. The van der Waals surface area contributed by atoms with Gasteiger partial charge in [0.2, 0.25) is 0 Å². The van der Waals surface area contributed by atoms with Gasteiger partial charge in [0.05, 0.1) is 0 Å². The Hall–Kier alpha value is -0.790. The lowest BCUT2D eigenvalue weighted by atomic mass is 10.1. The lowest BCUT2D eigenvalue weighted by molar-refractivity contribution is -0.137. The normalized spacial score (nSPS) is 10.3. The van der Waals surface area contributed by atoms with E-state index in [9.17, 15) is 4.79 Å². The van der Waals surface area contributed by atoms with E-state index in [1.54, 1.807) is 0 Å². The molecule has 114 valence electrons. The number of carboxylic acid groups (broad SMARTS) is 1. The SMILES string of the molecule is CCCC=CCCCC.CCCCCCCC(=O)O. The minimum absolute atomic E-state index is 0.337. The largest absolute Gasteiger partial charge is 0.481 e. The molecule has 0 rings (SSSR count). The highest BCUT2D eigenvalue weighted by Gasteiger charge is 1.94. The molecule has 0 aliphatic carbocycles. The van der Waals surface area contributed by atoms with Crippen molar-refractivity contribution in [1.29, 1.82) is 0 Å². The van der Waals surface area contributed by atoms with Crippen LogP contribution in [-0.2, 0) is 4.79 Å². The van der Waals surface area contributed by atoms with E-state index in [4.69, 9.17) is 5.11 Å². The van der Waals surface area contributed by atoms with Crippen molar-refractivity contribution in [2.24, 2.45) is 0 Å². The van der Waals surface area contributed by atoms with Gasteiger partial charge >= 0.3 is 5.97 Å². The maximum atomic E-state index is 10.0. The first-order chi connectivity index (χ1) is 9.18. The number of hydrogen-bond donors (Lipinski definition) is 1. The van der Waals surface area contributed by atoms with Gasteiger partial charge in [0.1, 0.15) is 0 Å². The van der Waals surface area contributed by atoms with E-state index in [0.29, 0.717) is 6.42 Å². The van der Waals surface area contributed by atoms with Crippen molar-refractivity contribution >= 4 is 5.97 Å². The molecule has 0 atom stereocenters. The summed E-state index contributed by atoms with van der Waals surface area (Å²) >= 11 is 0. The quantitative estimate of drug-likeness (QED) is 0.371. The zero-order chi connectivity index (χ0) is 14.8. The molecule has 0 spiro atoms. The number of unbranched alkanes of at least 4 members (excludes halogenated alkanes) is 7. The van der Waals surface area contributed by atoms with Crippen LogP contribution in [0.25, 0.3) is 0 Å². The molecule has 19 heavy (non-hydrogen) atoms. The Labute approximate surface area is 120 Å². The average molecular weight is 270 g/mol. The van der Waals surface area contributed by atoms with Gasteiger partial charge in [-0.2, -0.15) is 0 Å². The van der Waals surface area contributed by atoms with Gasteiger partial charge in [0.25, 0.3) is 0 Å². The zero-order valence-corrected chi connectivity index (χ0v) is 13.3. The van der Waals surface area contributed by atoms with Gasteiger partial charge in [-0.05, 0) is 19.3 Å². The predicted octanol–water partition coefficient (Wildman–Crippen LogP) is 5.96. The highest BCUT2D eigenvalue weighted by molar-refractivity contribution is 5.66. The van der Waals surface area contributed by atoms with Crippen LogP contribution in [0.4, 0.5) is 0 Å². The molecule has 2 nitrogen and oxygen atoms in total. The fraction of sp³-hybridized carbons (Fsp3) is 0.824. The first kappa shape index (κ1) is 20.5. The molecule has 0 unspecified atom stereocenters. The van der Waals surface area contributed by atoms with Gasteiger partial charge in [-0.1, -0.05) is 77.9 Å². The van der Waals surface area contributed by atoms with Crippen LogP contribution < -0.4 is 0 Å². The number of carboxylic acids is 1. The molecule has 0 aliphatic rings. The summed E-state index contributed by atoms with van der Waals surface area (Å²) in [6.07, 6.45) is 16.9. The second-order valence-electron chi connectivity index (χ2n) is 4.96. The zero-order valence-electron chi connectivity index (χ0n) is 13.3.